The molecule has 0 saturated carbocycles. The summed E-state index contributed by atoms with van der Waals surface area (Å²) in [6, 6.07) is 8.01. The maximum absolute atomic E-state index is 12.3. The third kappa shape index (κ3) is 8.57. The average molecular weight is 642 g/mol. The van der Waals surface area contributed by atoms with Crippen LogP contribution in [0.25, 0.3) is 0 Å². The van der Waals surface area contributed by atoms with E-state index in [9.17, 15) is 35.1 Å². The number of unbranched alkanes of at least 4 members (excludes halogenated alkanes) is 5. The maximum atomic E-state index is 12.3. The summed E-state index contributed by atoms with van der Waals surface area (Å²) in [5.41, 5.74) is -0.635. The Morgan fingerprint density at radius 1 is 0.956 bits per heavy atom. The van der Waals surface area contributed by atoms with Gasteiger partial charge in [0.15, 0.2) is 18.9 Å². The molecule has 6 N–H and O–H groups in total. The van der Waals surface area contributed by atoms with E-state index in [-0.39, 0.29) is 12.6 Å². The first-order chi connectivity index (χ1) is 21.6. The Morgan fingerprint density at radius 3 is 2.31 bits per heavy atom. The minimum Gasteiger partial charge on any atom is -0.469 e. The fourth-order valence-corrected chi connectivity index (χ4v) is 6.26. The molecule has 11 atom stereocenters. The van der Waals surface area contributed by atoms with Crippen LogP contribution in [0.3, 0.4) is 0 Å². The van der Waals surface area contributed by atoms with Gasteiger partial charge in [-0.2, -0.15) is 0 Å². The highest BCUT2D eigenvalue weighted by Gasteiger charge is 2.62. The quantitative estimate of drug-likeness (QED) is 0.119. The summed E-state index contributed by atoms with van der Waals surface area (Å²) in [6.45, 7) is 0.615. The smallest absolute Gasteiger partial charge is 0.305 e. The molecule has 1 amide bonds. The van der Waals surface area contributed by atoms with E-state index in [2.05, 4.69) is 5.32 Å². The van der Waals surface area contributed by atoms with Crippen LogP contribution in [0.1, 0.15) is 70.1 Å². The lowest BCUT2D eigenvalue weighted by atomic mass is 9.77. The van der Waals surface area contributed by atoms with Crippen LogP contribution in [-0.4, -0.2) is 119 Å². The Kier molecular flexibility index (Phi) is 13.1. The number of nitrogens with one attached hydrogen (secondary N) is 1. The highest BCUT2D eigenvalue weighted by Crippen LogP contribution is 2.46. The molecule has 14 heteroatoms. The number of methoxy groups -OCH3 is 1. The van der Waals surface area contributed by atoms with Crippen LogP contribution in [-0.2, 0) is 38.0 Å². The molecule has 0 bridgehead atoms. The fraction of sp³-hybridized carbons (Fsp3) is 0.742. The molecule has 1 aromatic rings. The summed E-state index contributed by atoms with van der Waals surface area (Å²) >= 11 is 0. The van der Waals surface area contributed by atoms with Crippen LogP contribution in [0, 0.1) is 0 Å². The number of hydrogen-bond donors (Lipinski definition) is 6. The Labute approximate surface area is 262 Å². The van der Waals surface area contributed by atoms with Crippen molar-refractivity contribution in [3.8, 4) is 0 Å². The van der Waals surface area contributed by atoms with E-state index in [0.29, 0.717) is 19.3 Å². The third-order valence-corrected chi connectivity index (χ3v) is 8.69. The Hall–Kier alpha value is -2.24. The second-order valence-corrected chi connectivity index (χ2v) is 11.8. The molecule has 0 spiro atoms. The van der Waals surface area contributed by atoms with Gasteiger partial charge >= 0.3 is 5.97 Å². The van der Waals surface area contributed by atoms with E-state index >= 15 is 0 Å². The first-order valence-electron chi connectivity index (χ1n) is 15.6. The number of ether oxygens (including phenoxy) is 6. The van der Waals surface area contributed by atoms with Gasteiger partial charge in [-0.3, -0.25) is 9.59 Å². The molecule has 1 unspecified atom stereocenters. The lowest BCUT2D eigenvalue weighted by Gasteiger charge is -2.57. The minimum atomic E-state index is -1.73. The number of fused-ring (bicyclic) bond motifs is 1. The molecular weight excluding hydrogens is 594 g/mol. The van der Waals surface area contributed by atoms with Gasteiger partial charge in [0.1, 0.15) is 48.3 Å². The van der Waals surface area contributed by atoms with E-state index < -0.39 is 79.7 Å². The molecule has 45 heavy (non-hydrogen) atoms. The topological polar surface area (TPSA) is 203 Å². The van der Waals surface area contributed by atoms with Crippen LogP contribution in [0.4, 0.5) is 0 Å². The van der Waals surface area contributed by atoms with Crippen molar-refractivity contribution in [3.05, 3.63) is 35.9 Å². The second-order valence-electron chi connectivity index (χ2n) is 11.8. The predicted octanol–water partition coefficient (Wildman–Crippen LogP) is 0.172. The van der Waals surface area contributed by atoms with Gasteiger partial charge < -0.3 is 59.3 Å². The molecule has 0 radical (unpaired) electrons. The first-order valence-corrected chi connectivity index (χ1v) is 15.6. The van der Waals surface area contributed by atoms with Crippen LogP contribution in [0.2, 0.25) is 0 Å². The molecule has 3 saturated heterocycles. The molecule has 3 fully saturated rings. The molecule has 14 nitrogen and oxygen atoms in total. The van der Waals surface area contributed by atoms with Gasteiger partial charge in [0.2, 0.25) is 5.91 Å². The number of rotatable bonds is 14. The molecule has 1 aromatic carbocycles. The van der Waals surface area contributed by atoms with Gasteiger partial charge in [-0.25, -0.2) is 0 Å². The van der Waals surface area contributed by atoms with Gasteiger partial charge in [0.25, 0.3) is 0 Å². The summed E-state index contributed by atoms with van der Waals surface area (Å²) < 4.78 is 35.4. The number of aliphatic hydroxyl groups is 5. The summed E-state index contributed by atoms with van der Waals surface area (Å²) in [5, 5.41) is 55.1. The zero-order valence-corrected chi connectivity index (χ0v) is 25.7. The Bertz CT molecular complexity index is 1080. The number of amides is 1. The highest BCUT2D eigenvalue weighted by atomic mass is 16.8. The molecule has 0 aliphatic carbocycles. The SMILES string of the molecule is COC(=O)CCCCCCCC[C@@]12OC(c3ccccc3)OC[C@H]1O[C@@H](O)[C@H](NC(C)=O)[C@H]2O[C@@H]1O[C@H](CO)[C@H](O)[C@H](O)[C@H]1O. The molecule has 3 heterocycles. The number of carbonyl (C=O) groups excluding carboxylic acids is 2. The lowest BCUT2D eigenvalue weighted by molar-refractivity contribution is -0.408. The maximum Gasteiger partial charge on any atom is 0.305 e. The van der Waals surface area contributed by atoms with Crippen molar-refractivity contribution in [2.45, 2.75) is 125 Å². The van der Waals surface area contributed by atoms with Gasteiger partial charge in [0, 0.05) is 18.9 Å². The van der Waals surface area contributed by atoms with E-state index in [4.69, 9.17) is 28.4 Å². The van der Waals surface area contributed by atoms with E-state index in [1.165, 1.54) is 14.0 Å². The largest absolute Gasteiger partial charge is 0.469 e. The van der Waals surface area contributed by atoms with Gasteiger partial charge in [0.05, 0.1) is 20.3 Å². The van der Waals surface area contributed by atoms with Crippen molar-refractivity contribution < 1.29 is 63.5 Å². The van der Waals surface area contributed by atoms with Crippen LogP contribution < -0.4 is 5.32 Å². The van der Waals surface area contributed by atoms with E-state index in [1.54, 1.807) is 0 Å². The average Bonchev–Trinajstić information content (AvgIpc) is 3.04. The number of carbonyl (C=O) groups is 2. The third-order valence-electron chi connectivity index (χ3n) is 8.69. The second kappa shape index (κ2) is 16.5. The Balaban J connectivity index is 1.61. The molecule has 3 aliphatic rings. The monoisotopic (exact) mass is 641 g/mol. The summed E-state index contributed by atoms with van der Waals surface area (Å²) in [7, 11) is 1.37. The zero-order valence-electron chi connectivity index (χ0n) is 25.7. The number of esters is 1. The van der Waals surface area contributed by atoms with Crippen molar-refractivity contribution in [1.29, 1.82) is 0 Å². The molecular formula is C31H47NO13. The summed E-state index contributed by atoms with van der Waals surface area (Å²) in [6.07, 6.45) is -6.86. The normalized spacial score (nSPS) is 36.6. The zero-order chi connectivity index (χ0) is 32.6. The van der Waals surface area contributed by atoms with Crippen molar-refractivity contribution in [1.82, 2.24) is 5.32 Å². The summed E-state index contributed by atoms with van der Waals surface area (Å²) in [5.74, 6) is -0.722. The van der Waals surface area contributed by atoms with E-state index in [1.807, 2.05) is 30.3 Å². The van der Waals surface area contributed by atoms with E-state index in [0.717, 1.165) is 37.7 Å². The highest BCUT2D eigenvalue weighted by molar-refractivity contribution is 5.73. The van der Waals surface area contributed by atoms with Crippen molar-refractivity contribution in [3.63, 3.8) is 0 Å². The van der Waals surface area contributed by atoms with Crippen molar-refractivity contribution in [2.75, 3.05) is 20.3 Å². The number of hydrogen-bond acceptors (Lipinski definition) is 13. The first kappa shape index (κ1) is 35.6. The Morgan fingerprint density at radius 2 is 1.64 bits per heavy atom. The van der Waals surface area contributed by atoms with Crippen LogP contribution >= 0.6 is 0 Å². The molecule has 4 rings (SSSR count). The van der Waals surface area contributed by atoms with Gasteiger partial charge in [-0.1, -0.05) is 62.4 Å². The van der Waals surface area contributed by atoms with Crippen LogP contribution in [0.15, 0.2) is 30.3 Å². The van der Waals surface area contributed by atoms with Crippen molar-refractivity contribution in [2.24, 2.45) is 0 Å². The summed E-state index contributed by atoms with van der Waals surface area (Å²) in [4.78, 5) is 23.7. The standard InChI is InChI=1S/C31H47NO13/c1-18(34)32-23-27(44-30-26(38)25(37)24(36)20(16-33)42-30)31(15-11-6-4-3-5-10-14-22(35)40-2)21(43-28(23)39)17-41-29(45-31)19-12-8-7-9-13-19/h7-9,12-13,20-21,23-30,33,36-39H,3-6,10-11,14-17H2,1-2H3,(H,32,34)/t20-,21-,23-,24+,25+,26-,27-,28-,29?,30+,31-/m1/s1. The minimum absolute atomic E-state index is 0.00544. The van der Waals surface area contributed by atoms with Gasteiger partial charge in [-0.15, -0.1) is 0 Å². The van der Waals surface area contributed by atoms with Gasteiger partial charge in [-0.05, 0) is 12.8 Å². The lowest BCUT2D eigenvalue weighted by Crippen LogP contribution is -2.75. The molecule has 3 aliphatic heterocycles. The van der Waals surface area contributed by atoms with Crippen LogP contribution in [0.5, 0.6) is 0 Å². The van der Waals surface area contributed by atoms with Crippen molar-refractivity contribution >= 4 is 11.9 Å². The fourth-order valence-electron chi connectivity index (χ4n) is 6.26. The molecule has 0 aromatic heterocycles. The molecule has 254 valence electrons. The number of aliphatic hydroxyl groups excluding tert-OH is 5. The number of benzene rings is 1. The predicted molar refractivity (Wildman–Crippen MR) is 155 cm³/mol.